The molecule has 2 fully saturated rings. The smallest absolute Gasteiger partial charge is 0.226 e. The summed E-state index contributed by atoms with van der Waals surface area (Å²) in [5.41, 5.74) is 2.39. The van der Waals surface area contributed by atoms with E-state index in [1.54, 1.807) is 11.3 Å². The Bertz CT molecular complexity index is 714. The second-order valence-corrected chi connectivity index (χ2v) is 7.63. The van der Waals surface area contributed by atoms with Crippen LogP contribution < -0.4 is 4.90 Å². The molecule has 2 aliphatic rings. The highest BCUT2D eigenvalue weighted by molar-refractivity contribution is 7.13. The van der Waals surface area contributed by atoms with Crippen molar-refractivity contribution >= 4 is 22.4 Å². The lowest BCUT2D eigenvalue weighted by atomic mass is 10.1. The van der Waals surface area contributed by atoms with Crippen LogP contribution in [0.15, 0.2) is 35.7 Å². The second kappa shape index (κ2) is 6.55. The van der Waals surface area contributed by atoms with Gasteiger partial charge in [0.25, 0.3) is 0 Å². The predicted octanol–water partition coefficient (Wildman–Crippen LogP) is 3.29. The van der Waals surface area contributed by atoms with Gasteiger partial charge in [-0.1, -0.05) is 30.3 Å². The molecule has 2 heterocycles. The Kier molecular flexibility index (Phi) is 4.27. The first-order chi connectivity index (χ1) is 11.7. The molecule has 2 unspecified atom stereocenters. The fourth-order valence-electron chi connectivity index (χ4n) is 3.59. The highest BCUT2D eigenvalue weighted by Gasteiger charge is 2.45. The summed E-state index contributed by atoms with van der Waals surface area (Å²) in [6.45, 7) is 5.60. The first-order valence-electron chi connectivity index (χ1n) is 8.73. The third-order valence-electron chi connectivity index (χ3n) is 5.02. The van der Waals surface area contributed by atoms with E-state index in [9.17, 15) is 4.79 Å². The Balaban J connectivity index is 1.37. The average Bonchev–Trinajstić information content (AvgIpc) is 3.35. The van der Waals surface area contributed by atoms with E-state index in [4.69, 9.17) is 0 Å². The Morgan fingerprint density at radius 2 is 2.00 bits per heavy atom. The van der Waals surface area contributed by atoms with Crippen LogP contribution in [-0.2, 0) is 4.79 Å². The normalized spacial score (nSPS) is 23.9. The van der Waals surface area contributed by atoms with Crippen LogP contribution in [0, 0.1) is 12.8 Å². The van der Waals surface area contributed by atoms with Crippen LogP contribution >= 0.6 is 11.3 Å². The zero-order chi connectivity index (χ0) is 16.5. The summed E-state index contributed by atoms with van der Waals surface area (Å²) in [7, 11) is 0. The van der Waals surface area contributed by atoms with E-state index in [1.165, 1.54) is 5.56 Å². The maximum atomic E-state index is 12.8. The zero-order valence-electron chi connectivity index (χ0n) is 14.0. The number of anilines is 1. The summed E-state index contributed by atoms with van der Waals surface area (Å²) in [5, 5.41) is 3.19. The van der Waals surface area contributed by atoms with Crippen molar-refractivity contribution < 1.29 is 4.79 Å². The van der Waals surface area contributed by atoms with Gasteiger partial charge < -0.3 is 9.80 Å². The van der Waals surface area contributed by atoms with Crippen LogP contribution in [0.3, 0.4) is 0 Å². The molecule has 1 aromatic carbocycles. The Labute approximate surface area is 147 Å². The van der Waals surface area contributed by atoms with E-state index < -0.39 is 0 Å². The molecule has 0 bridgehead atoms. The third kappa shape index (κ3) is 3.18. The van der Waals surface area contributed by atoms with Crippen molar-refractivity contribution in [1.29, 1.82) is 0 Å². The summed E-state index contributed by atoms with van der Waals surface area (Å²) in [6, 6.07) is 10.5. The number of carbonyl (C=O) groups is 1. The topological polar surface area (TPSA) is 36.4 Å². The summed E-state index contributed by atoms with van der Waals surface area (Å²) in [5.74, 6) is 0.974. The Morgan fingerprint density at radius 3 is 2.75 bits per heavy atom. The van der Waals surface area contributed by atoms with Crippen LogP contribution in [-0.4, -0.2) is 42.0 Å². The molecule has 1 aromatic heterocycles. The Hall–Kier alpha value is -1.88. The van der Waals surface area contributed by atoms with Crippen molar-refractivity contribution in [1.82, 2.24) is 9.88 Å². The van der Waals surface area contributed by atoms with Gasteiger partial charge in [0.1, 0.15) is 0 Å². The number of rotatable bonds is 3. The van der Waals surface area contributed by atoms with Gasteiger partial charge in [0.15, 0.2) is 5.13 Å². The van der Waals surface area contributed by atoms with E-state index in [0.29, 0.717) is 11.8 Å². The molecular formula is C19H23N3OS. The van der Waals surface area contributed by atoms with Crippen molar-refractivity contribution in [2.45, 2.75) is 25.7 Å². The molecule has 0 radical (unpaired) electrons. The molecule has 1 saturated carbocycles. The molecule has 2 aromatic rings. The molecule has 1 aliphatic carbocycles. The van der Waals surface area contributed by atoms with Crippen LogP contribution in [0.25, 0.3) is 0 Å². The van der Waals surface area contributed by atoms with Gasteiger partial charge in [-0.05, 0) is 31.2 Å². The molecule has 1 saturated heterocycles. The Morgan fingerprint density at radius 1 is 1.17 bits per heavy atom. The molecule has 1 amide bonds. The number of nitrogens with zero attached hydrogens (tertiary/aromatic N) is 3. The van der Waals surface area contributed by atoms with E-state index in [1.807, 2.05) is 13.0 Å². The third-order valence-corrected chi connectivity index (χ3v) is 6.04. The van der Waals surface area contributed by atoms with Gasteiger partial charge in [-0.25, -0.2) is 4.98 Å². The molecule has 0 spiro atoms. The van der Waals surface area contributed by atoms with Gasteiger partial charge in [-0.3, -0.25) is 4.79 Å². The van der Waals surface area contributed by atoms with Crippen LogP contribution in [0.5, 0.6) is 0 Å². The molecular weight excluding hydrogens is 318 g/mol. The highest BCUT2D eigenvalue weighted by Crippen LogP contribution is 2.48. The number of thiazole rings is 1. The van der Waals surface area contributed by atoms with Crippen molar-refractivity contribution in [2.24, 2.45) is 5.92 Å². The summed E-state index contributed by atoms with van der Waals surface area (Å²) < 4.78 is 0. The van der Waals surface area contributed by atoms with Gasteiger partial charge in [0.05, 0.1) is 5.69 Å². The maximum absolute atomic E-state index is 12.8. The van der Waals surface area contributed by atoms with Gasteiger partial charge in [-0.15, -0.1) is 11.3 Å². The lowest BCUT2D eigenvalue weighted by molar-refractivity contribution is -0.132. The van der Waals surface area contributed by atoms with Crippen molar-refractivity contribution in [3.63, 3.8) is 0 Å². The summed E-state index contributed by atoms with van der Waals surface area (Å²) in [4.78, 5) is 21.8. The maximum Gasteiger partial charge on any atom is 0.226 e. The number of aromatic nitrogens is 1. The van der Waals surface area contributed by atoms with Gasteiger partial charge in [-0.2, -0.15) is 0 Å². The van der Waals surface area contributed by atoms with E-state index >= 15 is 0 Å². The zero-order valence-corrected chi connectivity index (χ0v) is 14.8. The number of aryl methyl sites for hydroxylation is 1. The van der Waals surface area contributed by atoms with Gasteiger partial charge >= 0.3 is 0 Å². The first-order valence-corrected chi connectivity index (χ1v) is 9.61. The first kappa shape index (κ1) is 15.6. The molecule has 24 heavy (non-hydrogen) atoms. The van der Waals surface area contributed by atoms with Crippen molar-refractivity contribution in [3.8, 4) is 0 Å². The minimum atomic E-state index is 0.195. The molecule has 2 atom stereocenters. The fourth-order valence-corrected chi connectivity index (χ4v) is 4.44. The molecule has 0 N–H and O–H groups in total. The van der Waals surface area contributed by atoms with Crippen LogP contribution in [0.4, 0.5) is 5.13 Å². The standard InChI is InChI=1S/C19H23N3OS/c1-14-13-24-19(20-14)22-9-5-8-21(10-11-22)18(23)17-12-16(17)15-6-3-2-4-7-15/h2-4,6-7,13,16-17H,5,8-12H2,1H3. The van der Waals surface area contributed by atoms with Gasteiger partial charge in [0, 0.05) is 37.5 Å². The highest BCUT2D eigenvalue weighted by atomic mass is 32.1. The van der Waals surface area contributed by atoms with Crippen molar-refractivity contribution in [3.05, 3.63) is 47.0 Å². The molecule has 5 heteroatoms. The number of amides is 1. The summed E-state index contributed by atoms with van der Waals surface area (Å²) in [6.07, 6.45) is 2.03. The minimum absolute atomic E-state index is 0.195. The van der Waals surface area contributed by atoms with Crippen LogP contribution in [0.1, 0.15) is 30.0 Å². The number of carbonyl (C=O) groups excluding carboxylic acids is 1. The van der Waals surface area contributed by atoms with E-state index in [2.05, 4.69) is 44.4 Å². The van der Waals surface area contributed by atoms with E-state index in [-0.39, 0.29) is 5.92 Å². The fraction of sp³-hybridized carbons (Fsp3) is 0.474. The predicted molar refractivity (Wildman–Crippen MR) is 97.6 cm³/mol. The molecule has 4 nitrogen and oxygen atoms in total. The van der Waals surface area contributed by atoms with Crippen LogP contribution in [0.2, 0.25) is 0 Å². The van der Waals surface area contributed by atoms with E-state index in [0.717, 1.165) is 49.8 Å². The second-order valence-electron chi connectivity index (χ2n) is 6.80. The lowest BCUT2D eigenvalue weighted by Gasteiger charge is -2.22. The molecule has 1 aliphatic heterocycles. The largest absolute Gasteiger partial charge is 0.346 e. The van der Waals surface area contributed by atoms with Crippen molar-refractivity contribution in [2.75, 3.05) is 31.1 Å². The SMILES string of the molecule is Cc1csc(N2CCCN(C(=O)C3CC3c3ccccc3)CC2)n1. The number of benzene rings is 1. The lowest BCUT2D eigenvalue weighted by Crippen LogP contribution is -2.36. The number of hydrogen-bond donors (Lipinski definition) is 0. The average molecular weight is 341 g/mol. The summed E-state index contributed by atoms with van der Waals surface area (Å²) >= 11 is 1.70. The minimum Gasteiger partial charge on any atom is -0.346 e. The monoisotopic (exact) mass is 341 g/mol. The number of hydrogen-bond acceptors (Lipinski definition) is 4. The quantitative estimate of drug-likeness (QED) is 0.859. The molecule has 4 rings (SSSR count). The molecule has 126 valence electrons. The van der Waals surface area contributed by atoms with Gasteiger partial charge in [0.2, 0.25) is 5.91 Å².